The number of carbonyl (C=O) groups is 1. The second-order valence-corrected chi connectivity index (χ2v) is 6.91. The van der Waals surface area contributed by atoms with Gasteiger partial charge in [0.25, 0.3) is 0 Å². The molecule has 0 atom stereocenters. The standard InChI is InChI=1S/C22H13Cl2N3O/c23-17-5-1-14(2-6-17)20-19(21(28)15-3-7-18(24)8-4-15)13-26-22(27-20)16-9-11-25-12-10-16/h1-13H. The monoisotopic (exact) mass is 405 g/mol. The minimum absolute atomic E-state index is 0.178. The van der Waals surface area contributed by atoms with Gasteiger partial charge in [-0.25, -0.2) is 9.97 Å². The topological polar surface area (TPSA) is 55.7 Å². The highest BCUT2D eigenvalue weighted by Crippen LogP contribution is 2.27. The van der Waals surface area contributed by atoms with Gasteiger partial charge in [0.05, 0.1) is 11.3 Å². The SMILES string of the molecule is O=C(c1ccc(Cl)cc1)c1cnc(-c2ccncc2)nc1-c1ccc(Cl)cc1. The van der Waals surface area contributed by atoms with E-state index in [-0.39, 0.29) is 5.78 Å². The molecule has 0 fully saturated rings. The third-order valence-electron chi connectivity index (χ3n) is 4.20. The molecule has 0 saturated carbocycles. The molecular formula is C22H13Cl2N3O. The number of halogens is 2. The molecule has 0 spiro atoms. The zero-order chi connectivity index (χ0) is 19.5. The molecule has 0 N–H and O–H groups in total. The summed E-state index contributed by atoms with van der Waals surface area (Å²) in [5.41, 5.74) is 3.05. The molecule has 0 amide bonds. The van der Waals surface area contributed by atoms with E-state index in [1.807, 2.05) is 24.3 Å². The maximum atomic E-state index is 13.1. The van der Waals surface area contributed by atoms with E-state index in [9.17, 15) is 4.79 Å². The van der Waals surface area contributed by atoms with Gasteiger partial charge in [-0.3, -0.25) is 9.78 Å². The Labute approximate surface area is 171 Å². The Balaban J connectivity index is 1.86. The van der Waals surface area contributed by atoms with Crippen molar-refractivity contribution in [2.45, 2.75) is 0 Å². The van der Waals surface area contributed by atoms with Crippen molar-refractivity contribution >= 4 is 29.0 Å². The van der Waals surface area contributed by atoms with Gasteiger partial charge in [-0.05, 0) is 48.5 Å². The summed E-state index contributed by atoms with van der Waals surface area (Å²) in [5, 5.41) is 1.18. The highest BCUT2D eigenvalue weighted by Gasteiger charge is 2.18. The van der Waals surface area contributed by atoms with Gasteiger partial charge < -0.3 is 0 Å². The lowest BCUT2D eigenvalue weighted by molar-refractivity contribution is 0.103. The van der Waals surface area contributed by atoms with Crippen molar-refractivity contribution in [1.82, 2.24) is 15.0 Å². The number of aromatic nitrogens is 3. The fourth-order valence-corrected chi connectivity index (χ4v) is 3.02. The van der Waals surface area contributed by atoms with Crippen LogP contribution in [0.3, 0.4) is 0 Å². The lowest BCUT2D eigenvalue weighted by atomic mass is 9.99. The molecule has 4 rings (SSSR count). The summed E-state index contributed by atoms with van der Waals surface area (Å²) in [6.07, 6.45) is 4.91. The fourth-order valence-electron chi connectivity index (χ4n) is 2.77. The predicted molar refractivity (Wildman–Crippen MR) is 111 cm³/mol. The van der Waals surface area contributed by atoms with Crippen molar-refractivity contribution in [2.75, 3.05) is 0 Å². The molecule has 2 heterocycles. The Hall–Kier alpha value is -3.08. The zero-order valence-corrected chi connectivity index (χ0v) is 16.0. The number of ketones is 1. The van der Waals surface area contributed by atoms with Gasteiger partial charge in [-0.15, -0.1) is 0 Å². The normalized spacial score (nSPS) is 10.6. The number of carbonyl (C=O) groups excluding carboxylic acids is 1. The van der Waals surface area contributed by atoms with Crippen LogP contribution in [0, 0.1) is 0 Å². The van der Waals surface area contributed by atoms with Crippen molar-refractivity contribution < 1.29 is 4.79 Å². The molecule has 0 aliphatic carbocycles. The summed E-state index contributed by atoms with van der Waals surface area (Å²) in [6.45, 7) is 0. The van der Waals surface area contributed by atoms with Crippen molar-refractivity contribution in [2.24, 2.45) is 0 Å². The van der Waals surface area contributed by atoms with E-state index in [4.69, 9.17) is 23.2 Å². The summed E-state index contributed by atoms with van der Waals surface area (Å²) in [7, 11) is 0. The average molecular weight is 406 g/mol. The lowest BCUT2D eigenvalue weighted by Crippen LogP contribution is -2.07. The summed E-state index contributed by atoms with van der Waals surface area (Å²) in [5.74, 6) is 0.336. The van der Waals surface area contributed by atoms with Gasteiger partial charge in [-0.1, -0.05) is 35.3 Å². The van der Waals surface area contributed by atoms with Crippen molar-refractivity contribution in [3.05, 3.63) is 100 Å². The smallest absolute Gasteiger partial charge is 0.196 e. The summed E-state index contributed by atoms with van der Waals surface area (Å²) < 4.78 is 0. The van der Waals surface area contributed by atoms with Crippen LogP contribution in [0.4, 0.5) is 0 Å². The van der Waals surface area contributed by atoms with Gasteiger partial charge in [-0.2, -0.15) is 0 Å². The van der Waals surface area contributed by atoms with E-state index in [2.05, 4.69) is 15.0 Å². The highest BCUT2D eigenvalue weighted by atomic mass is 35.5. The third kappa shape index (κ3) is 3.79. The molecule has 0 aliphatic rings. The minimum Gasteiger partial charge on any atom is -0.288 e. The quantitative estimate of drug-likeness (QED) is 0.406. The molecule has 2 aromatic carbocycles. The van der Waals surface area contributed by atoms with Crippen LogP contribution in [0.5, 0.6) is 0 Å². The second-order valence-electron chi connectivity index (χ2n) is 6.03. The number of rotatable bonds is 4. The average Bonchev–Trinajstić information content (AvgIpc) is 2.74. The molecule has 0 saturated heterocycles. The Morgan fingerprint density at radius 2 is 1.36 bits per heavy atom. The van der Waals surface area contributed by atoms with Crippen molar-refractivity contribution in [3.8, 4) is 22.6 Å². The lowest BCUT2D eigenvalue weighted by Gasteiger charge is -2.10. The predicted octanol–water partition coefficient (Wildman–Crippen LogP) is 5.74. The van der Waals surface area contributed by atoms with Crippen LogP contribution in [0.2, 0.25) is 10.0 Å². The molecule has 0 aliphatic heterocycles. The summed E-state index contributed by atoms with van der Waals surface area (Å²) in [4.78, 5) is 26.2. The Kier molecular flexibility index (Phi) is 5.15. The molecule has 2 aromatic heterocycles. The molecule has 6 heteroatoms. The molecule has 0 unspecified atom stereocenters. The number of nitrogens with zero attached hydrogens (tertiary/aromatic N) is 3. The third-order valence-corrected chi connectivity index (χ3v) is 4.70. The van der Waals surface area contributed by atoms with Crippen LogP contribution in [0.1, 0.15) is 15.9 Å². The van der Waals surface area contributed by atoms with E-state index in [1.54, 1.807) is 55.0 Å². The summed E-state index contributed by atoms with van der Waals surface area (Å²) >= 11 is 12.0. The van der Waals surface area contributed by atoms with Gasteiger partial charge in [0.2, 0.25) is 0 Å². The maximum absolute atomic E-state index is 13.1. The molecule has 0 radical (unpaired) electrons. The minimum atomic E-state index is -0.178. The second kappa shape index (κ2) is 7.89. The van der Waals surface area contributed by atoms with Crippen LogP contribution in [-0.2, 0) is 0 Å². The highest BCUT2D eigenvalue weighted by molar-refractivity contribution is 6.31. The van der Waals surface area contributed by atoms with Crippen LogP contribution < -0.4 is 0 Å². The van der Waals surface area contributed by atoms with Crippen LogP contribution in [0.25, 0.3) is 22.6 Å². The van der Waals surface area contributed by atoms with E-state index in [1.165, 1.54) is 0 Å². The Morgan fingerprint density at radius 3 is 2.00 bits per heavy atom. The van der Waals surface area contributed by atoms with Crippen LogP contribution >= 0.6 is 23.2 Å². The first-order chi connectivity index (χ1) is 13.6. The molecular weight excluding hydrogens is 393 g/mol. The molecule has 28 heavy (non-hydrogen) atoms. The Morgan fingerprint density at radius 1 is 0.750 bits per heavy atom. The first-order valence-electron chi connectivity index (χ1n) is 8.45. The first-order valence-corrected chi connectivity index (χ1v) is 9.21. The molecule has 136 valence electrons. The van der Waals surface area contributed by atoms with Gasteiger partial charge in [0.1, 0.15) is 0 Å². The molecule has 4 nitrogen and oxygen atoms in total. The Bertz CT molecular complexity index is 1130. The van der Waals surface area contributed by atoms with Gasteiger partial charge >= 0.3 is 0 Å². The van der Waals surface area contributed by atoms with Crippen LogP contribution in [-0.4, -0.2) is 20.7 Å². The number of hydrogen-bond acceptors (Lipinski definition) is 4. The zero-order valence-electron chi connectivity index (χ0n) is 14.5. The van der Waals surface area contributed by atoms with Gasteiger partial charge in [0, 0.05) is 45.3 Å². The first kappa shape index (κ1) is 18.3. The molecule has 0 bridgehead atoms. The van der Waals surface area contributed by atoms with E-state index in [0.717, 1.165) is 11.1 Å². The fraction of sp³-hybridized carbons (Fsp3) is 0. The molecule has 4 aromatic rings. The van der Waals surface area contributed by atoms with Gasteiger partial charge in [0.15, 0.2) is 11.6 Å². The number of hydrogen-bond donors (Lipinski definition) is 0. The number of benzene rings is 2. The maximum Gasteiger partial charge on any atom is 0.196 e. The largest absolute Gasteiger partial charge is 0.288 e. The number of pyridine rings is 1. The van der Waals surface area contributed by atoms with E-state index >= 15 is 0 Å². The van der Waals surface area contributed by atoms with Crippen LogP contribution in [0.15, 0.2) is 79.3 Å². The van der Waals surface area contributed by atoms with E-state index in [0.29, 0.717) is 32.7 Å². The van der Waals surface area contributed by atoms with E-state index < -0.39 is 0 Å². The summed E-state index contributed by atoms with van der Waals surface area (Å²) in [6, 6.07) is 17.6. The van der Waals surface area contributed by atoms with Crippen molar-refractivity contribution in [3.63, 3.8) is 0 Å². The van der Waals surface area contributed by atoms with Crippen molar-refractivity contribution in [1.29, 1.82) is 0 Å².